The number of halogens is 1. The SMILES string of the molecule is CC(C)CNC(=O)CN1CCn2cccc2C1c1cccc(F)c1. The molecule has 1 aliphatic heterocycles. The second-order valence-corrected chi connectivity index (χ2v) is 6.75. The summed E-state index contributed by atoms with van der Waals surface area (Å²) in [7, 11) is 0. The van der Waals surface area contributed by atoms with Crippen LogP contribution < -0.4 is 5.32 Å². The van der Waals surface area contributed by atoms with Crippen LogP contribution in [0.15, 0.2) is 42.6 Å². The number of nitrogens with one attached hydrogen (secondary N) is 1. The van der Waals surface area contributed by atoms with Crippen LogP contribution in [0, 0.1) is 11.7 Å². The lowest BCUT2D eigenvalue weighted by molar-refractivity contribution is -0.123. The van der Waals surface area contributed by atoms with Crippen molar-refractivity contribution in [2.24, 2.45) is 5.92 Å². The number of benzene rings is 1. The van der Waals surface area contributed by atoms with E-state index in [0.717, 1.165) is 24.3 Å². The standard InChI is InChI=1S/C19H24FN3O/c1-14(2)12-21-18(24)13-23-10-9-22-8-4-7-17(22)19(23)15-5-3-6-16(20)11-15/h3-8,11,14,19H,9-10,12-13H2,1-2H3,(H,21,24). The molecule has 1 amide bonds. The molecule has 1 atom stereocenters. The number of aromatic nitrogens is 1. The molecule has 1 aromatic heterocycles. The lowest BCUT2D eigenvalue weighted by atomic mass is 9.99. The minimum Gasteiger partial charge on any atom is -0.355 e. The van der Waals surface area contributed by atoms with Crippen LogP contribution in [-0.4, -0.2) is 35.0 Å². The number of carbonyl (C=O) groups excluding carboxylic acids is 1. The third-order valence-electron chi connectivity index (χ3n) is 4.36. The molecule has 5 heteroatoms. The number of rotatable bonds is 5. The number of fused-ring (bicyclic) bond motifs is 1. The molecular weight excluding hydrogens is 305 g/mol. The van der Waals surface area contributed by atoms with E-state index in [1.165, 1.54) is 6.07 Å². The Balaban J connectivity index is 1.84. The Bertz CT molecular complexity index is 710. The molecule has 0 radical (unpaired) electrons. The number of amides is 1. The first-order valence-electron chi connectivity index (χ1n) is 8.46. The zero-order valence-electron chi connectivity index (χ0n) is 14.2. The number of nitrogens with zero attached hydrogens (tertiary/aromatic N) is 2. The smallest absolute Gasteiger partial charge is 0.234 e. The highest BCUT2D eigenvalue weighted by molar-refractivity contribution is 5.78. The van der Waals surface area contributed by atoms with Crippen molar-refractivity contribution in [2.45, 2.75) is 26.4 Å². The van der Waals surface area contributed by atoms with E-state index in [1.807, 2.05) is 24.4 Å². The fraction of sp³-hybridized carbons (Fsp3) is 0.421. The van der Waals surface area contributed by atoms with E-state index in [0.29, 0.717) is 19.0 Å². The molecule has 1 aromatic carbocycles. The van der Waals surface area contributed by atoms with E-state index >= 15 is 0 Å². The highest BCUT2D eigenvalue weighted by Gasteiger charge is 2.30. The molecule has 1 N–H and O–H groups in total. The minimum absolute atomic E-state index is 0.0186. The maximum Gasteiger partial charge on any atom is 0.234 e. The fourth-order valence-electron chi connectivity index (χ4n) is 3.22. The summed E-state index contributed by atoms with van der Waals surface area (Å²) in [5, 5.41) is 2.97. The first-order chi connectivity index (χ1) is 11.5. The quantitative estimate of drug-likeness (QED) is 0.916. The zero-order chi connectivity index (χ0) is 17.1. The molecule has 2 heterocycles. The lowest BCUT2D eigenvalue weighted by Crippen LogP contribution is -2.44. The van der Waals surface area contributed by atoms with E-state index in [1.54, 1.807) is 12.1 Å². The normalized spacial score (nSPS) is 17.8. The molecule has 0 spiro atoms. The Morgan fingerprint density at radius 3 is 2.88 bits per heavy atom. The van der Waals surface area contributed by atoms with Crippen molar-refractivity contribution < 1.29 is 9.18 Å². The second-order valence-electron chi connectivity index (χ2n) is 6.75. The highest BCUT2D eigenvalue weighted by atomic mass is 19.1. The van der Waals surface area contributed by atoms with E-state index < -0.39 is 0 Å². The summed E-state index contributed by atoms with van der Waals surface area (Å²) in [5.41, 5.74) is 1.98. The lowest BCUT2D eigenvalue weighted by Gasteiger charge is -2.37. The Morgan fingerprint density at radius 2 is 2.12 bits per heavy atom. The van der Waals surface area contributed by atoms with Gasteiger partial charge in [0.2, 0.25) is 5.91 Å². The summed E-state index contributed by atoms with van der Waals surface area (Å²) in [5.74, 6) is 0.192. The maximum absolute atomic E-state index is 13.7. The van der Waals surface area contributed by atoms with Gasteiger partial charge in [0.25, 0.3) is 0 Å². The average molecular weight is 329 g/mol. The van der Waals surface area contributed by atoms with Crippen LogP contribution in [0.5, 0.6) is 0 Å². The van der Waals surface area contributed by atoms with Crippen LogP contribution in [0.2, 0.25) is 0 Å². The van der Waals surface area contributed by atoms with Crippen molar-refractivity contribution in [1.82, 2.24) is 14.8 Å². The van der Waals surface area contributed by atoms with Crippen LogP contribution in [0.1, 0.15) is 31.1 Å². The average Bonchev–Trinajstić information content (AvgIpc) is 3.01. The van der Waals surface area contributed by atoms with Crippen molar-refractivity contribution >= 4 is 5.91 Å². The fourth-order valence-corrected chi connectivity index (χ4v) is 3.22. The third kappa shape index (κ3) is 3.67. The molecular formula is C19H24FN3O. The highest BCUT2D eigenvalue weighted by Crippen LogP contribution is 2.32. The summed E-state index contributed by atoms with van der Waals surface area (Å²) < 4.78 is 15.9. The van der Waals surface area contributed by atoms with Gasteiger partial charge in [-0.3, -0.25) is 9.69 Å². The molecule has 2 aromatic rings. The van der Waals surface area contributed by atoms with Crippen molar-refractivity contribution in [1.29, 1.82) is 0 Å². The van der Waals surface area contributed by atoms with E-state index in [9.17, 15) is 9.18 Å². The third-order valence-corrected chi connectivity index (χ3v) is 4.36. The van der Waals surface area contributed by atoms with E-state index in [-0.39, 0.29) is 17.8 Å². The van der Waals surface area contributed by atoms with Crippen molar-refractivity contribution in [3.63, 3.8) is 0 Å². The van der Waals surface area contributed by atoms with Gasteiger partial charge in [-0.15, -0.1) is 0 Å². The van der Waals surface area contributed by atoms with Gasteiger partial charge in [-0.1, -0.05) is 26.0 Å². The van der Waals surface area contributed by atoms with Crippen molar-refractivity contribution in [2.75, 3.05) is 19.6 Å². The molecule has 0 aliphatic carbocycles. The van der Waals surface area contributed by atoms with Crippen LogP contribution >= 0.6 is 0 Å². The van der Waals surface area contributed by atoms with Gasteiger partial charge >= 0.3 is 0 Å². The first-order valence-corrected chi connectivity index (χ1v) is 8.46. The summed E-state index contributed by atoms with van der Waals surface area (Å²) in [6.45, 7) is 6.74. The van der Waals surface area contributed by atoms with Gasteiger partial charge < -0.3 is 9.88 Å². The molecule has 4 nitrogen and oxygen atoms in total. The molecule has 0 saturated heterocycles. The summed E-state index contributed by atoms with van der Waals surface area (Å²) in [4.78, 5) is 14.4. The van der Waals surface area contributed by atoms with Crippen LogP contribution in [0.3, 0.4) is 0 Å². The van der Waals surface area contributed by atoms with Gasteiger partial charge in [0, 0.05) is 31.5 Å². The van der Waals surface area contributed by atoms with E-state index in [2.05, 4.69) is 28.6 Å². The molecule has 3 rings (SSSR count). The van der Waals surface area contributed by atoms with Gasteiger partial charge in [-0.2, -0.15) is 0 Å². The molecule has 0 bridgehead atoms. The van der Waals surface area contributed by atoms with Crippen LogP contribution in [0.25, 0.3) is 0 Å². The maximum atomic E-state index is 13.7. The monoisotopic (exact) mass is 329 g/mol. The number of hydrogen-bond donors (Lipinski definition) is 1. The van der Waals surface area contributed by atoms with Gasteiger partial charge in [-0.05, 0) is 35.7 Å². The molecule has 0 fully saturated rings. The molecule has 1 aliphatic rings. The van der Waals surface area contributed by atoms with Crippen LogP contribution in [0.4, 0.5) is 4.39 Å². The largest absolute Gasteiger partial charge is 0.355 e. The van der Waals surface area contributed by atoms with Gasteiger partial charge in [-0.25, -0.2) is 4.39 Å². The predicted molar refractivity (Wildman–Crippen MR) is 92.1 cm³/mol. The second kappa shape index (κ2) is 7.18. The Hall–Kier alpha value is -2.14. The zero-order valence-corrected chi connectivity index (χ0v) is 14.2. The van der Waals surface area contributed by atoms with Gasteiger partial charge in [0.15, 0.2) is 0 Å². The topological polar surface area (TPSA) is 37.3 Å². The first kappa shape index (κ1) is 16.7. The summed E-state index contributed by atoms with van der Waals surface area (Å²) >= 11 is 0. The van der Waals surface area contributed by atoms with Crippen molar-refractivity contribution in [3.05, 3.63) is 59.7 Å². The Morgan fingerprint density at radius 1 is 1.29 bits per heavy atom. The number of hydrogen-bond acceptors (Lipinski definition) is 2. The minimum atomic E-state index is -0.250. The van der Waals surface area contributed by atoms with Gasteiger partial charge in [0.1, 0.15) is 5.82 Å². The summed E-state index contributed by atoms with van der Waals surface area (Å²) in [6, 6.07) is 10.6. The van der Waals surface area contributed by atoms with Crippen molar-refractivity contribution in [3.8, 4) is 0 Å². The molecule has 24 heavy (non-hydrogen) atoms. The Labute approximate surface area is 142 Å². The predicted octanol–water partition coefficient (Wildman–Crippen LogP) is 2.80. The van der Waals surface area contributed by atoms with E-state index in [4.69, 9.17) is 0 Å². The summed E-state index contributed by atoms with van der Waals surface area (Å²) in [6.07, 6.45) is 2.04. The number of carbonyl (C=O) groups is 1. The molecule has 128 valence electrons. The van der Waals surface area contributed by atoms with Crippen LogP contribution in [-0.2, 0) is 11.3 Å². The molecule has 1 unspecified atom stereocenters. The molecule has 0 saturated carbocycles. The Kier molecular flexibility index (Phi) is 5.00. The van der Waals surface area contributed by atoms with Gasteiger partial charge in [0.05, 0.1) is 12.6 Å².